The Labute approximate surface area is 104 Å². The minimum absolute atomic E-state index is 0.195. The zero-order valence-electron chi connectivity index (χ0n) is 9.16. The highest BCUT2D eigenvalue weighted by Gasteiger charge is 2.17. The Morgan fingerprint density at radius 3 is 2.69 bits per heavy atom. The quantitative estimate of drug-likeness (QED) is 0.907. The molecular formula is C10H14BrNO3S. The molecule has 0 saturated heterocycles. The molecular weight excluding hydrogens is 294 g/mol. The maximum absolute atomic E-state index is 11.9. The van der Waals surface area contributed by atoms with Gasteiger partial charge in [0.1, 0.15) is 5.75 Å². The van der Waals surface area contributed by atoms with Crippen LogP contribution in [0.4, 0.5) is 0 Å². The van der Waals surface area contributed by atoms with Crippen LogP contribution in [0.3, 0.4) is 0 Å². The second-order valence-corrected chi connectivity index (χ2v) is 5.78. The van der Waals surface area contributed by atoms with Crippen molar-refractivity contribution in [2.75, 3.05) is 13.7 Å². The van der Waals surface area contributed by atoms with Crippen LogP contribution in [0.2, 0.25) is 0 Å². The summed E-state index contributed by atoms with van der Waals surface area (Å²) in [5.74, 6) is 0.514. The first kappa shape index (κ1) is 13.5. The first-order valence-corrected chi connectivity index (χ1v) is 7.12. The predicted molar refractivity (Wildman–Crippen MR) is 66.2 cm³/mol. The van der Waals surface area contributed by atoms with Crippen LogP contribution in [-0.2, 0) is 10.0 Å². The molecule has 0 radical (unpaired) electrons. The van der Waals surface area contributed by atoms with E-state index in [9.17, 15) is 8.42 Å². The molecule has 0 saturated carbocycles. The van der Waals surface area contributed by atoms with Crippen molar-refractivity contribution in [2.45, 2.75) is 18.2 Å². The van der Waals surface area contributed by atoms with Crippen LogP contribution in [0.15, 0.2) is 27.6 Å². The van der Waals surface area contributed by atoms with Gasteiger partial charge in [-0.05, 0) is 34.5 Å². The van der Waals surface area contributed by atoms with Crippen LogP contribution < -0.4 is 9.46 Å². The molecule has 0 spiro atoms. The van der Waals surface area contributed by atoms with Crippen LogP contribution in [0, 0.1) is 0 Å². The minimum atomic E-state index is -3.46. The first-order valence-electron chi connectivity index (χ1n) is 4.84. The third-order valence-electron chi connectivity index (χ3n) is 1.97. The average Bonchev–Trinajstić information content (AvgIpc) is 2.27. The van der Waals surface area contributed by atoms with Crippen molar-refractivity contribution in [1.82, 2.24) is 4.72 Å². The molecule has 1 N–H and O–H groups in total. The number of rotatable bonds is 5. The lowest BCUT2D eigenvalue weighted by atomic mass is 10.3. The lowest BCUT2D eigenvalue weighted by Gasteiger charge is -2.09. The van der Waals surface area contributed by atoms with Crippen molar-refractivity contribution >= 4 is 26.0 Å². The molecule has 0 unspecified atom stereocenters. The number of benzene rings is 1. The smallest absolute Gasteiger partial charge is 0.241 e. The first-order chi connectivity index (χ1) is 7.51. The van der Waals surface area contributed by atoms with Crippen LogP contribution in [0.1, 0.15) is 13.3 Å². The SMILES string of the molecule is CCCNS(=O)(=O)c1cc(OC)ccc1Br. The van der Waals surface area contributed by atoms with Gasteiger partial charge in [-0.1, -0.05) is 6.92 Å². The van der Waals surface area contributed by atoms with Gasteiger partial charge < -0.3 is 4.74 Å². The van der Waals surface area contributed by atoms with Gasteiger partial charge in [0.25, 0.3) is 0 Å². The third kappa shape index (κ3) is 3.20. The Morgan fingerprint density at radius 2 is 2.12 bits per heavy atom. The Bertz CT molecular complexity index is 459. The fraction of sp³-hybridized carbons (Fsp3) is 0.400. The summed E-state index contributed by atoms with van der Waals surface area (Å²) in [5, 5.41) is 0. The van der Waals surface area contributed by atoms with Gasteiger partial charge in [0.05, 0.1) is 12.0 Å². The second-order valence-electron chi connectivity index (χ2n) is 3.19. The lowest BCUT2D eigenvalue weighted by Crippen LogP contribution is -2.24. The van der Waals surface area contributed by atoms with E-state index in [2.05, 4.69) is 20.7 Å². The molecule has 1 aromatic carbocycles. The van der Waals surface area contributed by atoms with Gasteiger partial charge in [0.2, 0.25) is 10.0 Å². The number of nitrogens with one attached hydrogen (secondary N) is 1. The molecule has 4 nitrogen and oxygen atoms in total. The molecule has 0 bridgehead atoms. The summed E-state index contributed by atoms with van der Waals surface area (Å²) in [7, 11) is -1.96. The van der Waals surface area contributed by atoms with Gasteiger partial charge >= 0.3 is 0 Å². The molecule has 16 heavy (non-hydrogen) atoms. The van der Waals surface area contributed by atoms with Crippen molar-refractivity contribution in [2.24, 2.45) is 0 Å². The number of hydrogen-bond acceptors (Lipinski definition) is 3. The predicted octanol–water partition coefficient (Wildman–Crippen LogP) is 2.15. The highest BCUT2D eigenvalue weighted by Crippen LogP contribution is 2.26. The zero-order chi connectivity index (χ0) is 12.2. The van der Waals surface area contributed by atoms with Gasteiger partial charge in [-0.25, -0.2) is 13.1 Å². The number of methoxy groups -OCH3 is 1. The molecule has 0 aliphatic rings. The molecule has 0 atom stereocenters. The molecule has 0 heterocycles. The average molecular weight is 308 g/mol. The van der Waals surface area contributed by atoms with E-state index in [4.69, 9.17) is 4.74 Å². The Balaban J connectivity index is 3.11. The Hall–Kier alpha value is -0.590. The van der Waals surface area contributed by atoms with E-state index in [1.807, 2.05) is 6.92 Å². The fourth-order valence-corrected chi connectivity index (χ4v) is 3.24. The summed E-state index contributed by atoms with van der Waals surface area (Å²) >= 11 is 3.21. The number of sulfonamides is 1. The maximum atomic E-state index is 11.9. The van der Waals surface area contributed by atoms with E-state index in [-0.39, 0.29) is 4.90 Å². The summed E-state index contributed by atoms with van der Waals surface area (Å²) < 4.78 is 31.8. The summed E-state index contributed by atoms with van der Waals surface area (Å²) in [6.07, 6.45) is 0.751. The molecule has 1 rings (SSSR count). The number of hydrogen-bond donors (Lipinski definition) is 1. The highest BCUT2D eigenvalue weighted by molar-refractivity contribution is 9.10. The largest absolute Gasteiger partial charge is 0.497 e. The van der Waals surface area contributed by atoms with Crippen molar-refractivity contribution < 1.29 is 13.2 Å². The van der Waals surface area contributed by atoms with Gasteiger partial charge in [-0.2, -0.15) is 0 Å². The van der Waals surface area contributed by atoms with Gasteiger partial charge in [0, 0.05) is 17.1 Å². The minimum Gasteiger partial charge on any atom is -0.497 e. The van der Waals surface area contributed by atoms with Crippen LogP contribution in [0.25, 0.3) is 0 Å². The van der Waals surface area contributed by atoms with Crippen molar-refractivity contribution in [3.8, 4) is 5.75 Å². The lowest BCUT2D eigenvalue weighted by molar-refractivity contribution is 0.413. The van der Waals surface area contributed by atoms with E-state index < -0.39 is 10.0 Å². The van der Waals surface area contributed by atoms with Crippen molar-refractivity contribution in [1.29, 1.82) is 0 Å². The maximum Gasteiger partial charge on any atom is 0.241 e. The molecule has 6 heteroatoms. The van der Waals surface area contributed by atoms with E-state index in [1.54, 1.807) is 12.1 Å². The summed E-state index contributed by atoms with van der Waals surface area (Å²) in [6.45, 7) is 2.33. The summed E-state index contributed by atoms with van der Waals surface area (Å²) in [6, 6.07) is 4.84. The van der Waals surface area contributed by atoms with Crippen LogP contribution >= 0.6 is 15.9 Å². The highest BCUT2D eigenvalue weighted by atomic mass is 79.9. The van der Waals surface area contributed by atoms with Crippen LogP contribution in [0.5, 0.6) is 5.75 Å². The summed E-state index contributed by atoms with van der Waals surface area (Å²) in [5.41, 5.74) is 0. The molecule has 0 aliphatic heterocycles. The molecule has 0 aliphatic carbocycles. The zero-order valence-corrected chi connectivity index (χ0v) is 11.6. The Morgan fingerprint density at radius 1 is 1.44 bits per heavy atom. The van der Waals surface area contributed by atoms with Crippen LogP contribution in [-0.4, -0.2) is 22.1 Å². The van der Waals surface area contributed by atoms with Gasteiger partial charge in [-0.3, -0.25) is 0 Å². The molecule has 0 amide bonds. The molecule has 1 aromatic rings. The third-order valence-corrected chi connectivity index (χ3v) is 4.42. The monoisotopic (exact) mass is 307 g/mol. The fourth-order valence-electron chi connectivity index (χ4n) is 1.13. The van der Waals surface area contributed by atoms with Gasteiger partial charge in [-0.15, -0.1) is 0 Å². The second kappa shape index (κ2) is 5.65. The van der Waals surface area contributed by atoms with E-state index in [1.165, 1.54) is 13.2 Å². The van der Waals surface area contributed by atoms with Gasteiger partial charge in [0.15, 0.2) is 0 Å². The van der Waals surface area contributed by atoms with E-state index in [0.29, 0.717) is 16.8 Å². The molecule has 90 valence electrons. The molecule has 0 aromatic heterocycles. The summed E-state index contributed by atoms with van der Waals surface area (Å²) in [4.78, 5) is 0.195. The topological polar surface area (TPSA) is 55.4 Å². The van der Waals surface area contributed by atoms with Crippen molar-refractivity contribution in [3.63, 3.8) is 0 Å². The van der Waals surface area contributed by atoms with E-state index in [0.717, 1.165) is 6.42 Å². The van der Waals surface area contributed by atoms with E-state index >= 15 is 0 Å². The normalized spacial score (nSPS) is 11.4. The standard InChI is InChI=1S/C10H14BrNO3S/c1-3-6-12-16(13,14)10-7-8(15-2)4-5-9(10)11/h4-5,7,12H,3,6H2,1-2H3. The number of ether oxygens (including phenoxy) is 1. The molecule has 0 fully saturated rings. The Kier molecular flexibility index (Phi) is 4.76. The van der Waals surface area contributed by atoms with Crippen molar-refractivity contribution in [3.05, 3.63) is 22.7 Å². The number of halogens is 1.